The Balaban J connectivity index is 1.29. The normalized spacial score (nSPS) is 19.1. The van der Waals surface area contributed by atoms with Gasteiger partial charge in [-0.15, -0.1) is 11.3 Å². The van der Waals surface area contributed by atoms with E-state index in [9.17, 15) is 14.4 Å². The highest BCUT2D eigenvalue weighted by atomic mass is 32.1. The minimum atomic E-state index is -0.754. The SMILES string of the molecule is CN1C(=O)C(=O)N(CN2CCN(Cc3ccc(-c4ccccc4)s3)CC2)C1=O. The zero-order chi connectivity index (χ0) is 19.7. The van der Waals surface area contributed by atoms with Gasteiger partial charge in [0.2, 0.25) is 0 Å². The second kappa shape index (κ2) is 7.83. The number of carbonyl (C=O) groups is 3. The van der Waals surface area contributed by atoms with Crippen LogP contribution < -0.4 is 0 Å². The Kier molecular flexibility index (Phi) is 5.25. The van der Waals surface area contributed by atoms with Crippen LogP contribution in [-0.4, -0.2) is 77.3 Å². The highest BCUT2D eigenvalue weighted by Crippen LogP contribution is 2.28. The van der Waals surface area contributed by atoms with Gasteiger partial charge in [0.15, 0.2) is 0 Å². The molecule has 2 fully saturated rings. The standard InChI is InChI=1S/C20H22N4O3S/c1-21-18(25)19(26)24(20(21)27)14-23-11-9-22(10-12-23)13-16-7-8-17(28-16)15-5-3-2-4-6-15/h2-8H,9-14H2,1H3. The molecular formula is C20H22N4O3S. The Morgan fingerprint density at radius 3 is 2.18 bits per heavy atom. The number of urea groups is 1. The van der Waals surface area contributed by atoms with Gasteiger partial charge >= 0.3 is 17.8 Å². The molecule has 0 aliphatic carbocycles. The molecule has 0 bridgehead atoms. The lowest BCUT2D eigenvalue weighted by Gasteiger charge is -2.35. The zero-order valence-corrected chi connectivity index (χ0v) is 16.5. The lowest BCUT2D eigenvalue weighted by Crippen LogP contribution is -2.51. The molecule has 28 heavy (non-hydrogen) atoms. The van der Waals surface area contributed by atoms with Gasteiger partial charge in [0, 0.05) is 49.5 Å². The van der Waals surface area contributed by atoms with Gasteiger partial charge in [0.1, 0.15) is 0 Å². The molecule has 0 radical (unpaired) electrons. The number of amides is 4. The molecule has 1 aromatic heterocycles. The van der Waals surface area contributed by atoms with E-state index in [1.807, 2.05) is 22.3 Å². The van der Waals surface area contributed by atoms with Crippen molar-refractivity contribution in [3.8, 4) is 10.4 Å². The van der Waals surface area contributed by atoms with Crippen LogP contribution in [-0.2, 0) is 16.1 Å². The quantitative estimate of drug-likeness (QED) is 0.569. The highest BCUT2D eigenvalue weighted by molar-refractivity contribution is 7.15. The number of imide groups is 2. The van der Waals surface area contributed by atoms with Crippen molar-refractivity contribution in [3.05, 3.63) is 47.3 Å². The van der Waals surface area contributed by atoms with E-state index in [0.29, 0.717) is 0 Å². The predicted octanol–water partition coefficient (Wildman–Crippen LogP) is 1.91. The van der Waals surface area contributed by atoms with Gasteiger partial charge in [-0.2, -0.15) is 0 Å². The van der Waals surface area contributed by atoms with Crippen LogP contribution in [0.4, 0.5) is 4.79 Å². The summed E-state index contributed by atoms with van der Waals surface area (Å²) in [7, 11) is 1.34. The molecule has 0 N–H and O–H groups in total. The minimum Gasteiger partial charge on any atom is -0.296 e. The monoisotopic (exact) mass is 398 g/mol. The third-order valence-corrected chi connectivity index (χ3v) is 6.28. The number of hydrogen-bond donors (Lipinski definition) is 0. The molecule has 2 aliphatic rings. The Bertz CT molecular complexity index is 890. The predicted molar refractivity (Wildman–Crippen MR) is 106 cm³/mol. The smallest absolute Gasteiger partial charge is 0.296 e. The first kappa shape index (κ1) is 18.8. The number of carbonyl (C=O) groups excluding carboxylic acids is 3. The molecule has 2 aliphatic heterocycles. The molecule has 7 nitrogen and oxygen atoms in total. The van der Waals surface area contributed by atoms with E-state index in [2.05, 4.69) is 41.3 Å². The van der Waals surface area contributed by atoms with Crippen molar-refractivity contribution in [2.24, 2.45) is 0 Å². The van der Waals surface area contributed by atoms with E-state index in [1.54, 1.807) is 0 Å². The van der Waals surface area contributed by atoms with E-state index >= 15 is 0 Å². The first-order chi connectivity index (χ1) is 13.5. The second-order valence-corrected chi connectivity index (χ2v) is 8.22. The molecule has 8 heteroatoms. The molecule has 1 aromatic carbocycles. The highest BCUT2D eigenvalue weighted by Gasteiger charge is 2.42. The zero-order valence-electron chi connectivity index (χ0n) is 15.7. The molecule has 0 spiro atoms. The van der Waals surface area contributed by atoms with Crippen molar-refractivity contribution in [1.82, 2.24) is 19.6 Å². The molecule has 2 saturated heterocycles. The first-order valence-corrected chi connectivity index (χ1v) is 10.1. The lowest BCUT2D eigenvalue weighted by atomic mass is 10.2. The van der Waals surface area contributed by atoms with Crippen LogP contribution in [0.1, 0.15) is 4.88 Å². The van der Waals surface area contributed by atoms with Crippen LogP contribution in [0.25, 0.3) is 10.4 Å². The topological polar surface area (TPSA) is 64.2 Å². The van der Waals surface area contributed by atoms with Crippen molar-refractivity contribution < 1.29 is 14.4 Å². The molecule has 2 aromatic rings. The van der Waals surface area contributed by atoms with Gasteiger partial charge in [-0.05, 0) is 17.7 Å². The average molecular weight is 398 g/mol. The number of benzene rings is 1. The Morgan fingerprint density at radius 2 is 1.54 bits per heavy atom. The summed E-state index contributed by atoms with van der Waals surface area (Å²) in [4.78, 5) is 44.4. The average Bonchev–Trinajstić information content (AvgIpc) is 3.26. The first-order valence-electron chi connectivity index (χ1n) is 9.25. The Labute approximate surface area is 167 Å². The van der Waals surface area contributed by atoms with E-state index in [4.69, 9.17) is 0 Å². The molecule has 0 atom stereocenters. The molecule has 4 rings (SSSR count). The Morgan fingerprint density at radius 1 is 0.857 bits per heavy atom. The fraction of sp³-hybridized carbons (Fsp3) is 0.350. The fourth-order valence-electron chi connectivity index (χ4n) is 3.47. The van der Waals surface area contributed by atoms with Crippen LogP contribution in [0.3, 0.4) is 0 Å². The maximum absolute atomic E-state index is 12.0. The maximum Gasteiger partial charge on any atom is 0.335 e. The summed E-state index contributed by atoms with van der Waals surface area (Å²) in [5, 5.41) is 0. The van der Waals surface area contributed by atoms with Gasteiger partial charge < -0.3 is 0 Å². The number of likely N-dealkylation sites (N-methyl/N-ethyl adjacent to an activating group) is 1. The van der Waals surface area contributed by atoms with Crippen LogP contribution in [0.15, 0.2) is 42.5 Å². The van der Waals surface area contributed by atoms with Crippen LogP contribution in [0, 0.1) is 0 Å². The van der Waals surface area contributed by atoms with Gasteiger partial charge in [0.25, 0.3) is 0 Å². The third kappa shape index (κ3) is 3.71. The summed E-state index contributed by atoms with van der Waals surface area (Å²) in [5.41, 5.74) is 1.24. The number of hydrogen-bond acceptors (Lipinski definition) is 6. The number of piperazine rings is 1. The largest absolute Gasteiger partial charge is 0.335 e. The Hall–Kier alpha value is -2.55. The van der Waals surface area contributed by atoms with E-state index < -0.39 is 17.8 Å². The van der Waals surface area contributed by atoms with Gasteiger partial charge in [-0.1, -0.05) is 30.3 Å². The molecule has 3 heterocycles. The lowest BCUT2D eigenvalue weighted by molar-refractivity contribution is -0.143. The van der Waals surface area contributed by atoms with Crippen molar-refractivity contribution in [1.29, 1.82) is 0 Å². The van der Waals surface area contributed by atoms with Crippen molar-refractivity contribution in [2.45, 2.75) is 6.54 Å². The molecule has 4 amide bonds. The molecule has 0 unspecified atom stereocenters. The molecule has 0 saturated carbocycles. The van der Waals surface area contributed by atoms with Crippen molar-refractivity contribution >= 4 is 29.2 Å². The van der Waals surface area contributed by atoms with Crippen LogP contribution >= 0.6 is 11.3 Å². The van der Waals surface area contributed by atoms with E-state index in [0.717, 1.165) is 42.5 Å². The molecular weight excluding hydrogens is 376 g/mol. The van der Waals surface area contributed by atoms with Crippen molar-refractivity contribution in [2.75, 3.05) is 39.9 Å². The fourth-order valence-corrected chi connectivity index (χ4v) is 4.52. The summed E-state index contributed by atoms with van der Waals surface area (Å²) < 4.78 is 0. The summed E-state index contributed by atoms with van der Waals surface area (Å²) in [6.45, 7) is 4.31. The van der Waals surface area contributed by atoms with Gasteiger partial charge in [-0.25, -0.2) is 9.69 Å². The number of thiophene rings is 1. The molecule has 146 valence electrons. The second-order valence-electron chi connectivity index (χ2n) is 7.05. The number of rotatable bonds is 5. The van der Waals surface area contributed by atoms with Crippen molar-refractivity contribution in [3.63, 3.8) is 0 Å². The van der Waals surface area contributed by atoms with E-state index in [-0.39, 0.29) is 6.67 Å². The number of nitrogens with zero attached hydrogens (tertiary/aromatic N) is 4. The summed E-state index contributed by atoms with van der Waals surface area (Å²) in [5.74, 6) is -1.49. The minimum absolute atomic E-state index is 0.179. The summed E-state index contributed by atoms with van der Waals surface area (Å²) >= 11 is 1.81. The maximum atomic E-state index is 12.0. The van der Waals surface area contributed by atoms with E-state index in [1.165, 1.54) is 22.4 Å². The van der Waals surface area contributed by atoms with Gasteiger partial charge in [0.05, 0.1) is 6.67 Å². The van der Waals surface area contributed by atoms with Gasteiger partial charge in [-0.3, -0.25) is 24.3 Å². The van der Waals surface area contributed by atoms with Crippen LogP contribution in [0.2, 0.25) is 0 Å². The van der Waals surface area contributed by atoms with Crippen LogP contribution in [0.5, 0.6) is 0 Å². The third-order valence-electron chi connectivity index (χ3n) is 5.16. The summed E-state index contributed by atoms with van der Waals surface area (Å²) in [6.07, 6.45) is 0. The summed E-state index contributed by atoms with van der Waals surface area (Å²) in [6, 6.07) is 14.2.